The number of carbonyl (C=O) groups excluding carboxylic acids is 1. The van der Waals surface area contributed by atoms with Crippen molar-refractivity contribution < 1.29 is 9.53 Å². The zero-order chi connectivity index (χ0) is 14.8. The van der Waals surface area contributed by atoms with E-state index in [9.17, 15) is 4.79 Å². The summed E-state index contributed by atoms with van der Waals surface area (Å²) in [5, 5.41) is 0.897. The predicted molar refractivity (Wildman–Crippen MR) is 84.4 cm³/mol. The molecule has 0 radical (unpaired) electrons. The second-order valence-electron chi connectivity index (χ2n) is 4.96. The van der Waals surface area contributed by atoms with Gasteiger partial charge in [0.15, 0.2) is 0 Å². The molecule has 3 nitrogen and oxygen atoms in total. The highest BCUT2D eigenvalue weighted by atomic mass is 16.5. The molecule has 0 atom stereocenters. The van der Waals surface area contributed by atoms with Crippen molar-refractivity contribution in [2.75, 3.05) is 6.61 Å². The standard InChI is InChI=1S/C18H17NO2/c1-3-21-18(20)16-14-10-6-7-11-15(14)19-17(16)13-9-5-4-8-12(13)2/h4-11,19H,3H2,1-2H3. The van der Waals surface area contributed by atoms with Gasteiger partial charge < -0.3 is 9.72 Å². The van der Waals surface area contributed by atoms with Crippen molar-refractivity contribution in [3.8, 4) is 11.3 Å². The maximum atomic E-state index is 12.4. The van der Waals surface area contributed by atoms with Gasteiger partial charge in [0.05, 0.1) is 17.9 Å². The van der Waals surface area contributed by atoms with Crippen LogP contribution in [0.4, 0.5) is 0 Å². The van der Waals surface area contributed by atoms with Crippen LogP contribution in [0.5, 0.6) is 0 Å². The minimum atomic E-state index is -0.284. The van der Waals surface area contributed by atoms with Gasteiger partial charge in [0.25, 0.3) is 0 Å². The van der Waals surface area contributed by atoms with Gasteiger partial charge >= 0.3 is 5.97 Å². The summed E-state index contributed by atoms with van der Waals surface area (Å²) in [7, 11) is 0. The average molecular weight is 279 g/mol. The normalized spacial score (nSPS) is 10.8. The Morgan fingerprint density at radius 2 is 1.81 bits per heavy atom. The number of hydrogen-bond donors (Lipinski definition) is 1. The van der Waals surface area contributed by atoms with Crippen LogP contribution in [0.1, 0.15) is 22.8 Å². The second kappa shape index (κ2) is 5.44. The highest BCUT2D eigenvalue weighted by Gasteiger charge is 2.21. The molecule has 3 rings (SSSR count). The lowest BCUT2D eigenvalue weighted by atomic mass is 10.0. The molecular weight excluding hydrogens is 262 g/mol. The molecule has 0 amide bonds. The molecule has 1 heterocycles. The van der Waals surface area contributed by atoms with Crippen molar-refractivity contribution in [3.63, 3.8) is 0 Å². The van der Waals surface area contributed by atoms with Crippen molar-refractivity contribution in [3.05, 3.63) is 59.7 Å². The maximum Gasteiger partial charge on any atom is 0.340 e. The van der Waals surface area contributed by atoms with E-state index in [1.807, 2.05) is 62.4 Å². The lowest BCUT2D eigenvalue weighted by molar-refractivity contribution is 0.0529. The number of hydrogen-bond acceptors (Lipinski definition) is 2. The summed E-state index contributed by atoms with van der Waals surface area (Å²) >= 11 is 0. The third kappa shape index (κ3) is 2.31. The number of aryl methyl sites for hydroxylation is 1. The molecule has 3 heteroatoms. The smallest absolute Gasteiger partial charge is 0.340 e. The number of carbonyl (C=O) groups is 1. The van der Waals surface area contributed by atoms with Gasteiger partial charge in [-0.3, -0.25) is 0 Å². The first-order valence-corrected chi connectivity index (χ1v) is 7.06. The van der Waals surface area contributed by atoms with Crippen LogP contribution in [-0.4, -0.2) is 17.6 Å². The predicted octanol–water partition coefficient (Wildman–Crippen LogP) is 4.32. The van der Waals surface area contributed by atoms with Gasteiger partial charge in [-0.2, -0.15) is 0 Å². The second-order valence-corrected chi connectivity index (χ2v) is 4.96. The van der Waals surface area contributed by atoms with Crippen molar-refractivity contribution in [1.82, 2.24) is 4.98 Å². The number of fused-ring (bicyclic) bond motifs is 1. The Bertz CT molecular complexity index is 802. The zero-order valence-corrected chi connectivity index (χ0v) is 12.1. The minimum absolute atomic E-state index is 0.284. The quantitative estimate of drug-likeness (QED) is 0.725. The molecular formula is C18H17NO2. The average Bonchev–Trinajstić information content (AvgIpc) is 2.87. The van der Waals surface area contributed by atoms with Gasteiger partial charge in [-0.1, -0.05) is 42.5 Å². The molecule has 0 aliphatic carbocycles. The Hall–Kier alpha value is -2.55. The van der Waals surface area contributed by atoms with Crippen molar-refractivity contribution in [1.29, 1.82) is 0 Å². The molecule has 0 aliphatic heterocycles. The molecule has 0 spiro atoms. The number of para-hydroxylation sites is 1. The van der Waals surface area contributed by atoms with E-state index in [0.717, 1.165) is 27.7 Å². The fourth-order valence-corrected chi connectivity index (χ4v) is 2.61. The lowest BCUT2D eigenvalue weighted by Gasteiger charge is -2.07. The molecule has 0 bridgehead atoms. The summed E-state index contributed by atoms with van der Waals surface area (Å²) in [6.45, 7) is 4.22. The molecule has 0 aliphatic rings. The Morgan fingerprint density at radius 3 is 2.57 bits per heavy atom. The van der Waals surface area contributed by atoms with E-state index >= 15 is 0 Å². The van der Waals surface area contributed by atoms with Gasteiger partial charge in [0.2, 0.25) is 0 Å². The topological polar surface area (TPSA) is 42.1 Å². The summed E-state index contributed by atoms with van der Waals surface area (Å²) in [6.07, 6.45) is 0. The minimum Gasteiger partial charge on any atom is -0.462 e. The fraction of sp³-hybridized carbons (Fsp3) is 0.167. The summed E-state index contributed by atoms with van der Waals surface area (Å²) < 4.78 is 5.24. The Balaban J connectivity index is 2.29. The summed E-state index contributed by atoms with van der Waals surface area (Å²) in [5.41, 5.74) is 4.53. The molecule has 0 saturated carbocycles. The molecule has 2 aromatic carbocycles. The molecule has 0 saturated heterocycles. The van der Waals surface area contributed by atoms with E-state index in [4.69, 9.17) is 4.74 Å². The van der Waals surface area contributed by atoms with Gasteiger partial charge in [0.1, 0.15) is 0 Å². The lowest BCUT2D eigenvalue weighted by Crippen LogP contribution is -2.05. The van der Waals surface area contributed by atoms with Crippen LogP contribution in [0.2, 0.25) is 0 Å². The molecule has 106 valence electrons. The van der Waals surface area contributed by atoms with E-state index in [1.165, 1.54) is 0 Å². The third-order valence-electron chi connectivity index (χ3n) is 3.60. The molecule has 1 aromatic heterocycles. The molecule has 21 heavy (non-hydrogen) atoms. The molecule has 1 N–H and O–H groups in total. The number of rotatable bonds is 3. The summed E-state index contributed by atoms with van der Waals surface area (Å²) in [6, 6.07) is 15.8. The number of benzene rings is 2. The van der Waals surface area contributed by atoms with Crippen LogP contribution in [-0.2, 0) is 4.74 Å². The molecule has 3 aromatic rings. The van der Waals surface area contributed by atoms with E-state index in [2.05, 4.69) is 4.98 Å². The third-order valence-corrected chi connectivity index (χ3v) is 3.60. The number of H-pyrrole nitrogens is 1. The number of aromatic amines is 1. The maximum absolute atomic E-state index is 12.4. The van der Waals surface area contributed by atoms with Gasteiger partial charge in [-0.15, -0.1) is 0 Å². The summed E-state index contributed by atoms with van der Waals surface area (Å²) in [4.78, 5) is 15.7. The number of ether oxygens (including phenoxy) is 1. The van der Waals surface area contributed by atoms with Gasteiger partial charge in [-0.25, -0.2) is 4.79 Å². The Kier molecular flexibility index (Phi) is 3.48. The SMILES string of the molecule is CCOC(=O)c1c(-c2ccccc2C)[nH]c2ccccc12. The highest BCUT2D eigenvalue weighted by Crippen LogP contribution is 2.32. The van der Waals surface area contributed by atoms with E-state index in [0.29, 0.717) is 12.2 Å². The van der Waals surface area contributed by atoms with Crippen LogP contribution in [0, 0.1) is 6.92 Å². The van der Waals surface area contributed by atoms with E-state index in [1.54, 1.807) is 0 Å². The van der Waals surface area contributed by atoms with Crippen molar-refractivity contribution >= 4 is 16.9 Å². The number of aromatic nitrogens is 1. The van der Waals surface area contributed by atoms with Crippen LogP contribution in [0.25, 0.3) is 22.2 Å². The Labute approximate surface area is 123 Å². The van der Waals surface area contributed by atoms with Crippen LogP contribution >= 0.6 is 0 Å². The van der Waals surface area contributed by atoms with Crippen LogP contribution in [0.15, 0.2) is 48.5 Å². The number of esters is 1. The molecule has 0 fully saturated rings. The summed E-state index contributed by atoms with van der Waals surface area (Å²) in [5.74, 6) is -0.284. The monoisotopic (exact) mass is 279 g/mol. The van der Waals surface area contributed by atoms with Crippen LogP contribution in [0.3, 0.4) is 0 Å². The largest absolute Gasteiger partial charge is 0.462 e. The highest BCUT2D eigenvalue weighted by molar-refractivity contribution is 6.10. The number of nitrogens with one attached hydrogen (secondary N) is 1. The van der Waals surface area contributed by atoms with Crippen molar-refractivity contribution in [2.45, 2.75) is 13.8 Å². The molecule has 0 unspecified atom stereocenters. The first-order chi connectivity index (χ1) is 10.2. The van der Waals surface area contributed by atoms with Crippen molar-refractivity contribution in [2.24, 2.45) is 0 Å². The van der Waals surface area contributed by atoms with Gasteiger partial charge in [-0.05, 0) is 25.5 Å². The van der Waals surface area contributed by atoms with E-state index in [-0.39, 0.29) is 5.97 Å². The van der Waals surface area contributed by atoms with E-state index < -0.39 is 0 Å². The van der Waals surface area contributed by atoms with Gasteiger partial charge in [0, 0.05) is 16.5 Å². The first-order valence-electron chi connectivity index (χ1n) is 7.06. The van der Waals surface area contributed by atoms with Crippen LogP contribution < -0.4 is 0 Å². The first kappa shape index (κ1) is 13.4. The Morgan fingerprint density at radius 1 is 1.10 bits per heavy atom. The zero-order valence-electron chi connectivity index (χ0n) is 12.1. The fourth-order valence-electron chi connectivity index (χ4n) is 2.61.